The predicted octanol–water partition coefficient (Wildman–Crippen LogP) is 1.39. The number of nitrogens with zero attached hydrogens (tertiary/aromatic N) is 2. The number of carbonyl (C=O) groups excluding carboxylic acids is 1. The number of thiazole rings is 1. The highest BCUT2D eigenvalue weighted by atomic mass is 32.1. The van der Waals surface area contributed by atoms with Crippen molar-refractivity contribution in [2.75, 3.05) is 24.2 Å². The Labute approximate surface area is 117 Å². The van der Waals surface area contributed by atoms with Gasteiger partial charge in [0.25, 0.3) is 5.91 Å². The zero-order valence-corrected chi connectivity index (χ0v) is 12.6. The third kappa shape index (κ3) is 4.07. The molecule has 0 saturated carbocycles. The van der Waals surface area contributed by atoms with E-state index in [1.165, 1.54) is 11.3 Å². The first-order valence-corrected chi connectivity index (χ1v) is 7.13. The van der Waals surface area contributed by atoms with Gasteiger partial charge in [-0.05, 0) is 27.7 Å². The van der Waals surface area contributed by atoms with E-state index in [4.69, 9.17) is 10.8 Å². The number of carbonyl (C=O) groups is 1. The van der Waals surface area contributed by atoms with Crippen LogP contribution in [0.15, 0.2) is 0 Å². The van der Waals surface area contributed by atoms with Crippen molar-refractivity contribution in [3.8, 4) is 0 Å². The fraction of sp³-hybridized carbons (Fsp3) is 0.667. The maximum absolute atomic E-state index is 12.4. The van der Waals surface area contributed by atoms with Crippen LogP contribution in [0.3, 0.4) is 0 Å². The summed E-state index contributed by atoms with van der Waals surface area (Å²) in [5.74, 6) is 0.0533. The van der Waals surface area contributed by atoms with Gasteiger partial charge >= 0.3 is 0 Å². The molecule has 0 unspecified atom stereocenters. The molecule has 1 heterocycles. The quantitative estimate of drug-likeness (QED) is 0.735. The van der Waals surface area contributed by atoms with Crippen LogP contribution < -0.4 is 11.1 Å². The van der Waals surface area contributed by atoms with Gasteiger partial charge in [-0.3, -0.25) is 4.79 Å². The van der Waals surface area contributed by atoms with Crippen molar-refractivity contribution in [3.63, 3.8) is 0 Å². The summed E-state index contributed by atoms with van der Waals surface area (Å²) in [6.45, 7) is 8.01. The number of hydrogen-bond acceptors (Lipinski definition) is 6. The van der Waals surface area contributed by atoms with Gasteiger partial charge in [0, 0.05) is 18.6 Å². The molecule has 0 radical (unpaired) electrons. The van der Waals surface area contributed by atoms with Crippen molar-refractivity contribution < 1.29 is 9.90 Å². The molecule has 19 heavy (non-hydrogen) atoms. The summed E-state index contributed by atoms with van der Waals surface area (Å²) in [5.41, 5.74) is 5.80. The minimum atomic E-state index is -0.184. The van der Waals surface area contributed by atoms with Gasteiger partial charge in [-0.15, -0.1) is 0 Å². The van der Waals surface area contributed by atoms with Crippen molar-refractivity contribution in [3.05, 3.63) is 4.88 Å². The second-order valence-corrected chi connectivity index (χ2v) is 5.85. The number of anilines is 2. The molecule has 0 aliphatic heterocycles. The molecule has 0 aliphatic carbocycles. The highest BCUT2D eigenvalue weighted by Gasteiger charge is 2.23. The van der Waals surface area contributed by atoms with E-state index < -0.39 is 0 Å². The number of nitrogens with two attached hydrogens (primary N) is 1. The molecule has 1 aromatic heterocycles. The molecule has 108 valence electrons. The number of aromatic nitrogens is 1. The van der Waals surface area contributed by atoms with Crippen LogP contribution in [0.1, 0.15) is 37.4 Å². The minimum absolute atomic E-state index is 0.00246. The molecule has 0 aromatic carbocycles. The van der Waals surface area contributed by atoms with E-state index in [9.17, 15) is 4.79 Å². The zero-order chi connectivity index (χ0) is 14.6. The van der Waals surface area contributed by atoms with Crippen molar-refractivity contribution in [1.29, 1.82) is 0 Å². The number of nitrogen functional groups attached to an aromatic ring is 1. The summed E-state index contributed by atoms with van der Waals surface area (Å²) in [5, 5.41) is 12.8. The first kappa shape index (κ1) is 15.7. The molecule has 0 fully saturated rings. The smallest absolute Gasteiger partial charge is 0.268 e. The third-order valence-electron chi connectivity index (χ3n) is 2.48. The van der Waals surface area contributed by atoms with E-state index in [0.29, 0.717) is 16.6 Å². The average Bonchev–Trinajstić information content (AvgIpc) is 2.64. The molecule has 1 rings (SSSR count). The number of amides is 1. The Kier molecular flexibility index (Phi) is 5.56. The van der Waals surface area contributed by atoms with Crippen LogP contribution in [-0.4, -0.2) is 46.1 Å². The van der Waals surface area contributed by atoms with E-state index in [1.54, 1.807) is 4.90 Å². The maximum atomic E-state index is 12.4. The number of aliphatic hydroxyl groups excluding tert-OH is 1. The molecule has 1 amide bonds. The lowest BCUT2D eigenvalue weighted by Gasteiger charge is -2.25. The standard InChI is InChI=1S/C12H22N4O2S/c1-7(2)14-12-15-10(13)9(19-12)11(18)16(5-6-17)8(3)4/h7-8,17H,5-6,13H2,1-4H3,(H,14,15). The van der Waals surface area contributed by atoms with Gasteiger partial charge in [0.05, 0.1) is 6.61 Å². The van der Waals surface area contributed by atoms with Crippen LogP contribution in [0.2, 0.25) is 0 Å². The third-order valence-corrected chi connectivity index (χ3v) is 3.48. The molecular weight excluding hydrogens is 264 g/mol. The van der Waals surface area contributed by atoms with Gasteiger partial charge in [-0.1, -0.05) is 11.3 Å². The Bertz CT molecular complexity index is 431. The van der Waals surface area contributed by atoms with Gasteiger partial charge < -0.3 is 21.1 Å². The molecule has 0 aliphatic rings. The number of nitrogens with one attached hydrogen (secondary N) is 1. The van der Waals surface area contributed by atoms with E-state index in [0.717, 1.165) is 0 Å². The molecule has 4 N–H and O–H groups in total. The molecular formula is C12H22N4O2S. The SMILES string of the molecule is CC(C)Nc1nc(N)c(C(=O)N(CCO)C(C)C)s1. The highest BCUT2D eigenvalue weighted by molar-refractivity contribution is 7.18. The summed E-state index contributed by atoms with van der Waals surface area (Å²) in [7, 11) is 0. The Morgan fingerprint density at radius 2 is 2.11 bits per heavy atom. The summed E-state index contributed by atoms with van der Waals surface area (Å²) in [6, 6.07) is 0.231. The summed E-state index contributed by atoms with van der Waals surface area (Å²) >= 11 is 1.25. The van der Waals surface area contributed by atoms with Crippen LogP contribution >= 0.6 is 11.3 Å². The molecule has 7 heteroatoms. The molecule has 1 aromatic rings. The van der Waals surface area contributed by atoms with Gasteiger partial charge in [0.15, 0.2) is 5.13 Å². The van der Waals surface area contributed by atoms with Gasteiger partial charge in [0.1, 0.15) is 10.7 Å². The average molecular weight is 286 g/mol. The molecule has 0 spiro atoms. The predicted molar refractivity (Wildman–Crippen MR) is 78.5 cm³/mol. The minimum Gasteiger partial charge on any atom is -0.395 e. The first-order valence-electron chi connectivity index (χ1n) is 6.31. The van der Waals surface area contributed by atoms with Crippen molar-refractivity contribution in [2.45, 2.75) is 39.8 Å². The first-order chi connectivity index (χ1) is 8.86. The Hall–Kier alpha value is -1.34. The van der Waals surface area contributed by atoms with Crippen LogP contribution in [0.4, 0.5) is 10.9 Å². The van der Waals surface area contributed by atoms with Gasteiger partial charge in [-0.2, -0.15) is 0 Å². The Morgan fingerprint density at radius 1 is 1.47 bits per heavy atom. The fourth-order valence-corrected chi connectivity index (χ4v) is 2.61. The van der Waals surface area contributed by atoms with E-state index >= 15 is 0 Å². The van der Waals surface area contributed by atoms with Crippen molar-refractivity contribution >= 4 is 28.2 Å². The largest absolute Gasteiger partial charge is 0.395 e. The summed E-state index contributed by atoms with van der Waals surface area (Å²) in [4.78, 5) is 18.5. The molecule has 6 nitrogen and oxygen atoms in total. The van der Waals surface area contributed by atoms with Gasteiger partial charge in [0.2, 0.25) is 0 Å². The van der Waals surface area contributed by atoms with E-state index in [-0.39, 0.29) is 30.4 Å². The second kappa shape index (κ2) is 6.72. The van der Waals surface area contributed by atoms with Crippen LogP contribution in [-0.2, 0) is 0 Å². The number of aliphatic hydroxyl groups is 1. The maximum Gasteiger partial charge on any atom is 0.268 e. The van der Waals surface area contributed by atoms with E-state index in [2.05, 4.69) is 10.3 Å². The number of rotatable bonds is 6. The van der Waals surface area contributed by atoms with E-state index in [1.807, 2.05) is 27.7 Å². The molecule has 0 saturated heterocycles. The normalized spacial score (nSPS) is 11.1. The topological polar surface area (TPSA) is 91.5 Å². The van der Waals surface area contributed by atoms with Crippen LogP contribution in [0, 0.1) is 0 Å². The Balaban J connectivity index is 2.94. The summed E-state index contributed by atoms with van der Waals surface area (Å²) in [6.07, 6.45) is 0. The Morgan fingerprint density at radius 3 is 2.58 bits per heavy atom. The van der Waals surface area contributed by atoms with Crippen LogP contribution in [0.25, 0.3) is 0 Å². The van der Waals surface area contributed by atoms with Crippen LogP contribution in [0.5, 0.6) is 0 Å². The molecule has 0 bridgehead atoms. The lowest BCUT2D eigenvalue weighted by atomic mass is 10.3. The summed E-state index contributed by atoms with van der Waals surface area (Å²) < 4.78 is 0. The highest BCUT2D eigenvalue weighted by Crippen LogP contribution is 2.27. The second-order valence-electron chi connectivity index (χ2n) is 4.85. The molecule has 0 atom stereocenters. The lowest BCUT2D eigenvalue weighted by molar-refractivity contribution is 0.0671. The lowest BCUT2D eigenvalue weighted by Crippen LogP contribution is -2.38. The number of hydrogen-bond donors (Lipinski definition) is 3. The van der Waals surface area contributed by atoms with Gasteiger partial charge in [-0.25, -0.2) is 4.98 Å². The zero-order valence-electron chi connectivity index (χ0n) is 11.8. The van der Waals surface area contributed by atoms with Crippen molar-refractivity contribution in [2.24, 2.45) is 0 Å². The fourth-order valence-electron chi connectivity index (χ4n) is 1.63. The van der Waals surface area contributed by atoms with Crippen molar-refractivity contribution in [1.82, 2.24) is 9.88 Å². The monoisotopic (exact) mass is 286 g/mol.